The molecular formula is C14H23N3O3. The van der Waals surface area contributed by atoms with Crippen LogP contribution in [0.2, 0.25) is 0 Å². The molecule has 6 nitrogen and oxygen atoms in total. The second-order valence-electron chi connectivity index (χ2n) is 6.19. The van der Waals surface area contributed by atoms with Crippen molar-refractivity contribution < 1.29 is 14.3 Å². The Hall–Kier alpha value is -1.43. The summed E-state index contributed by atoms with van der Waals surface area (Å²) in [5.74, 6) is -0.291. The van der Waals surface area contributed by atoms with E-state index in [1.165, 1.54) is 7.11 Å². The molecule has 6 heteroatoms. The van der Waals surface area contributed by atoms with Crippen molar-refractivity contribution in [1.29, 1.82) is 0 Å². The van der Waals surface area contributed by atoms with E-state index in [0.29, 0.717) is 12.2 Å². The largest absolute Gasteiger partial charge is 0.464 e. The highest BCUT2D eigenvalue weighted by Crippen LogP contribution is 2.30. The molecule has 1 atom stereocenters. The summed E-state index contributed by atoms with van der Waals surface area (Å²) in [5, 5.41) is 8.07. The maximum atomic E-state index is 11.7. The van der Waals surface area contributed by atoms with E-state index in [1.807, 2.05) is 13.8 Å². The number of hydrogen-bond donors (Lipinski definition) is 0. The summed E-state index contributed by atoms with van der Waals surface area (Å²) in [5.41, 5.74) is 1.04. The maximum Gasteiger partial charge on any atom is 0.360 e. The summed E-state index contributed by atoms with van der Waals surface area (Å²) >= 11 is 0. The molecule has 0 radical (unpaired) electrons. The molecule has 20 heavy (non-hydrogen) atoms. The van der Waals surface area contributed by atoms with E-state index < -0.39 is 5.97 Å². The highest BCUT2D eigenvalue weighted by Gasteiger charge is 2.33. The van der Waals surface area contributed by atoms with Crippen LogP contribution in [0.25, 0.3) is 0 Å². The van der Waals surface area contributed by atoms with Crippen LogP contribution in [0, 0.1) is 0 Å². The lowest BCUT2D eigenvalue weighted by Crippen LogP contribution is -2.24. The number of esters is 1. The fourth-order valence-corrected chi connectivity index (χ4v) is 2.67. The fourth-order valence-electron chi connectivity index (χ4n) is 2.67. The summed E-state index contributed by atoms with van der Waals surface area (Å²) in [6, 6.07) is 0. The van der Waals surface area contributed by atoms with Gasteiger partial charge in [0.05, 0.1) is 31.1 Å². The van der Waals surface area contributed by atoms with E-state index in [0.717, 1.165) is 18.5 Å². The van der Waals surface area contributed by atoms with Crippen molar-refractivity contribution in [1.82, 2.24) is 15.0 Å². The van der Waals surface area contributed by atoms with Crippen molar-refractivity contribution in [3.63, 3.8) is 0 Å². The Bertz CT molecular complexity index is 494. The third kappa shape index (κ3) is 3.00. The molecule has 2 rings (SSSR count). The van der Waals surface area contributed by atoms with E-state index >= 15 is 0 Å². The van der Waals surface area contributed by atoms with Crippen LogP contribution >= 0.6 is 0 Å². The average molecular weight is 281 g/mol. The predicted molar refractivity (Wildman–Crippen MR) is 73.6 cm³/mol. The Morgan fingerprint density at radius 2 is 2.25 bits per heavy atom. The second-order valence-corrected chi connectivity index (χ2v) is 6.19. The van der Waals surface area contributed by atoms with Gasteiger partial charge in [-0.2, -0.15) is 0 Å². The number of methoxy groups -OCH3 is 1. The Morgan fingerprint density at radius 1 is 1.55 bits per heavy atom. The van der Waals surface area contributed by atoms with Gasteiger partial charge in [-0.3, -0.25) is 0 Å². The van der Waals surface area contributed by atoms with Crippen molar-refractivity contribution in [3.05, 3.63) is 11.4 Å². The van der Waals surface area contributed by atoms with Gasteiger partial charge in [0.15, 0.2) is 5.69 Å². The highest BCUT2D eigenvalue weighted by molar-refractivity contribution is 5.88. The van der Waals surface area contributed by atoms with Gasteiger partial charge in [0.2, 0.25) is 0 Å². The zero-order valence-electron chi connectivity index (χ0n) is 12.8. The summed E-state index contributed by atoms with van der Waals surface area (Å²) in [4.78, 5) is 11.7. The minimum Gasteiger partial charge on any atom is -0.464 e. The highest BCUT2D eigenvalue weighted by atomic mass is 16.5. The monoisotopic (exact) mass is 281 g/mol. The van der Waals surface area contributed by atoms with Gasteiger partial charge < -0.3 is 9.47 Å². The lowest BCUT2D eigenvalue weighted by Gasteiger charge is -2.20. The molecule has 1 aromatic heterocycles. The number of carbonyl (C=O) groups is 1. The lowest BCUT2D eigenvalue weighted by molar-refractivity contribution is -0.0235. The van der Waals surface area contributed by atoms with Crippen LogP contribution in [-0.2, 0) is 16.0 Å². The second kappa shape index (κ2) is 5.52. The quantitative estimate of drug-likeness (QED) is 0.791. The van der Waals surface area contributed by atoms with E-state index in [2.05, 4.69) is 24.2 Å². The molecule has 0 aliphatic carbocycles. The van der Waals surface area contributed by atoms with Crippen molar-refractivity contribution >= 4 is 5.97 Å². The van der Waals surface area contributed by atoms with Gasteiger partial charge in [0.1, 0.15) is 0 Å². The van der Waals surface area contributed by atoms with Crippen LogP contribution in [-0.4, -0.2) is 39.8 Å². The van der Waals surface area contributed by atoms with Crippen LogP contribution in [0.4, 0.5) is 0 Å². The Balaban J connectivity index is 2.20. The normalized spacial score (nSPS) is 21.4. The molecule has 1 aliphatic heterocycles. The van der Waals surface area contributed by atoms with Gasteiger partial charge in [-0.1, -0.05) is 19.1 Å². The summed E-state index contributed by atoms with van der Waals surface area (Å²) in [7, 11) is 1.36. The van der Waals surface area contributed by atoms with Crippen LogP contribution < -0.4 is 0 Å². The molecule has 0 bridgehead atoms. The first-order valence-corrected chi connectivity index (χ1v) is 7.03. The lowest BCUT2D eigenvalue weighted by atomic mass is 10.1. The molecule has 1 fully saturated rings. The van der Waals surface area contributed by atoms with Gasteiger partial charge in [-0.25, -0.2) is 9.48 Å². The van der Waals surface area contributed by atoms with Gasteiger partial charge in [0, 0.05) is 0 Å². The fraction of sp³-hybridized carbons (Fsp3) is 0.786. The minimum atomic E-state index is -0.437. The van der Waals surface area contributed by atoms with Gasteiger partial charge in [-0.15, -0.1) is 5.10 Å². The van der Waals surface area contributed by atoms with Crippen molar-refractivity contribution in [3.8, 4) is 0 Å². The third-order valence-electron chi connectivity index (χ3n) is 3.63. The molecule has 0 aromatic carbocycles. The Labute approximate surface area is 119 Å². The van der Waals surface area contributed by atoms with Crippen molar-refractivity contribution in [2.24, 2.45) is 0 Å². The molecule has 0 N–H and O–H groups in total. The van der Waals surface area contributed by atoms with Crippen LogP contribution in [0.1, 0.15) is 62.6 Å². The van der Waals surface area contributed by atoms with Gasteiger partial charge in [-0.05, 0) is 32.6 Å². The number of rotatable bonds is 4. The van der Waals surface area contributed by atoms with E-state index in [4.69, 9.17) is 9.47 Å². The van der Waals surface area contributed by atoms with E-state index in [-0.39, 0.29) is 17.6 Å². The zero-order chi connectivity index (χ0) is 14.9. The maximum absolute atomic E-state index is 11.7. The van der Waals surface area contributed by atoms with Crippen molar-refractivity contribution in [2.75, 3.05) is 7.11 Å². The zero-order valence-corrected chi connectivity index (χ0v) is 12.8. The SMILES string of the molecule is COC(=O)c1nnn(CC2CCC(C)(C)O2)c1C(C)C. The third-order valence-corrected chi connectivity index (χ3v) is 3.63. The molecule has 1 aromatic rings. The molecule has 2 heterocycles. The van der Waals surface area contributed by atoms with E-state index in [9.17, 15) is 4.79 Å². The number of ether oxygens (including phenoxy) is 2. The molecule has 0 amide bonds. The molecule has 1 aliphatic rings. The molecule has 0 spiro atoms. The van der Waals surface area contributed by atoms with Gasteiger partial charge >= 0.3 is 5.97 Å². The first-order valence-electron chi connectivity index (χ1n) is 7.03. The number of aromatic nitrogens is 3. The molecular weight excluding hydrogens is 258 g/mol. The molecule has 112 valence electrons. The summed E-state index contributed by atoms with van der Waals surface area (Å²) < 4.78 is 12.5. The van der Waals surface area contributed by atoms with Crippen LogP contribution in [0.15, 0.2) is 0 Å². The Kier molecular flexibility index (Phi) is 4.13. The predicted octanol–water partition coefficient (Wildman–Crippen LogP) is 2.15. The van der Waals surface area contributed by atoms with Crippen LogP contribution in [0.5, 0.6) is 0 Å². The van der Waals surface area contributed by atoms with E-state index in [1.54, 1.807) is 4.68 Å². The summed E-state index contributed by atoms with van der Waals surface area (Å²) in [6.45, 7) is 8.85. The molecule has 0 saturated carbocycles. The summed E-state index contributed by atoms with van der Waals surface area (Å²) in [6.07, 6.45) is 2.15. The first kappa shape index (κ1) is 15.0. The standard InChI is InChI=1S/C14H23N3O3/c1-9(2)12-11(13(18)19-5)15-16-17(12)8-10-6-7-14(3,4)20-10/h9-10H,6-8H2,1-5H3. The smallest absolute Gasteiger partial charge is 0.360 e. The number of hydrogen-bond acceptors (Lipinski definition) is 5. The topological polar surface area (TPSA) is 66.2 Å². The number of nitrogens with zero attached hydrogens (tertiary/aromatic N) is 3. The van der Waals surface area contributed by atoms with Crippen LogP contribution in [0.3, 0.4) is 0 Å². The minimum absolute atomic E-state index is 0.0750. The Morgan fingerprint density at radius 3 is 2.75 bits per heavy atom. The first-order chi connectivity index (χ1) is 9.34. The van der Waals surface area contributed by atoms with Crippen molar-refractivity contribution in [2.45, 2.75) is 64.7 Å². The molecule has 1 unspecified atom stereocenters. The average Bonchev–Trinajstić information content (AvgIpc) is 2.92. The van der Waals surface area contributed by atoms with Gasteiger partial charge in [0.25, 0.3) is 0 Å². The number of carbonyl (C=O) groups excluding carboxylic acids is 1. The molecule has 1 saturated heterocycles.